The topological polar surface area (TPSA) is 208 Å². The Balaban J connectivity index is 0.00000101. The van der Waals surface area contributed by atoms with Crippen molar-refractivity contribution in [1.82, 2.24) is 0 Å². The fourth-order valence-corrected chi connectivity index (χ4v) is 7.73. The minimum atomic E-state index is -6.09. The number of halogens is 8. The highest BCUT2D eigenvalue weighted by molar-refractivity contribution is 7.86. The molecule has 0 aromatic carbocycles. The zero-order valence-corrected chi connectivity index (χ0v) is 45.4. The van der Waals surface area contributed by atoms with Crippen LogP contribution in [0.5, 0.6) is 0 Å². The van der Waals surface area contributed by atoms with Crippen LogP contribution in [0.15, 0.2) is 167 Å². The van der Waals surface area contributed by atoms with E-state index in [0.717, 1.165) is 44.6 Å². The average Bonchev–Trinajstić information content (AvgIpc) is 3.26. The van der Waals surface area contributed by atoms with E-state index in [1.807, 2.05) is 59.7 Å². The largest absolute Gasteiger partial charge is 0.741 e. The Kier molecular flexibility index (Phi) is 22.8. The highest BCUT2D eigenvalue weighted by atomic mass is 35.5. The first kappa shape index (κ1) is 64.5. The molecule has 404 valence electrons. The number of nitrogens with two attached hydrogens (primary N) is 2. The Hall–Kier alpha value is -5.64. The third-order valence-corrected chi connectivity index (χ3v) is 13.3. The van der Waals surface area contributed by atoms with Gasteiger partial charge >= 0.3 is 11.0 Å². The van der Waals surface area contributed by atoms with Crippen LogP contribution in [0.3, 0.4) is 0 Å². The van der Waals surface area contributed by atoms with Crippen molar-refractivity contribution in [3.63, 3.8) is 0 Å². The second-order valence-corrected chi connectivity index (χ2v) is 22.2. The van der Waals surface area contributed by atoms with Gasteiger partial charge in [-0.1, -0.05) is 158 Å². The molecule has 2 aromatic rings. The second-order valence-electron chi connectivity index (χ2n) is 18.6. The monoisotopic (exact) mass is 1120 g/mol. The Bertz CT molecular complexity index is 2830. The summed E-state index contributed by atoms with van der Waals surface area (Å²) >= 11 is 12.2. The van der Waals surface area contributed by atoms with Crippen molar-refractivity contribution in [3.05, 3.63) is 177 Å². The molecular weight excluding hydrogens is 1060 g/mol. The van der Waals surface area contributed by atoms with E-state index >= 15 is 0 Å². The number of pyridine rings is 2. The van der Waals surface area contributed by atoms with Gasteiger partial charge < -0.3 is 20.6 Å². The highest BCUT2D eigenvalue weighted by Crippen LogP contribution is 2.44. The number of carbonyl (C=O) groups is 2. The van der Waals surface area contributed by atoms with Crippen LogP contribution in [0.2, 0.25) is 10.0 Å². The van der Waals surface area contributed by atoms with Crippen molar-refractivity contribution in [2.45, 2.75) is 105 Å². The van der Waals surface area contributed by atoms with E-state index in [1.54, 1.807) is 24.5 Å². The Morgan fingerprint density at radius 2 is 0.865 bits per heavy atom. The molecule has 2 atom stereocenters. The van der Waals surface area contributed by atoms with E-state index in [-0.39, 0.29) is 34.5 Å². The lowest BCUT2D eigenvalue weighted by Gasteiger charge is -2.34. The van der Waals surface area contributed by atoms with Crippen LogP contribution in [0.1, 0.15) is 94.2 Å². The maximum Gasteiger partial charge on any atom is 0.485 e. The van der Waals surface area contributed by atoms with Gasteiger partial charge in [-0.2, -0.15) is 35.5 Å². The first-order valence-corrected chi connectivity index (χ1v) is 25.8. The molecular formula is C52H60Cl2F6N4O8S2. The molecule has 0 aliphatic heterocycles. The van der Waals surface area contributed by atoms with Gasteiger partial charge in [0, 0.05) is 36.1 Å². The molecule has 12 nitrogen and oxygen atoms in total. The summed E-state index contributed by atoms with van der Waals surface area (Å²) in [5.41, 5.74) is 9.36. The molecule has 2 aliphatic rings. The maximum atomic E-state index is 13.4. The number of nitrogen functional groups attached to an aromatic ring is 2. The van der Waals surface area contributed by atoms with Gasteiger partial charge in [0.1, 0.15) is 11.4 Å². The number of Topliss-reactive ketones (excluding diaryl/α,β-unsaturated/α-hetero) is 2. The summed E-state index contributed by atoms with van der Waals surface area (Å²) in [4.78, 5) is 26.9. The summed E-state index contributed by atoms with van der Waals surface area (Å²) in [5.74, 6) is 0.198. The summed E-state index contributed by atoms with van der Waals surface area (Å²) in [6.07, 6.45) is 37.4. The number of aromatic nitrogens is 2. The number of hydrogen-bond donors (Lipinski definition) is 2. The number of hydrogen-bond acceptors (Lipinski definition) is 10. The molecule has 0 saturated heterocycles. The molecule has 0 amide bonds. The summed E-state index contributed by atoms with van der Waals surface area (Å²) < 4.78 is 122. The molecule has 22 heteroatoms. The Morgan fingerprint density at radius 1 is 0.595 bits per heavy atom. The number of rotatable bonds is 12. The lowest BCUT2D eigenvalue weighted by molar-refractivity contribution is -0.710. The van der Waals surface area contributed by atoms with Crippen LogP contribution < -0.4 is 20.6 Å². The number of allylic oxidation sites excluding steroid dienone is 22. The molecule has 74 heavy (non-hydrogen) atoms. The normalized spacial score (nSPS) is 19.8. The van der Waals surface area contributed by atoms with Crippen LogP contribution >= 0.6 is 23.2 Å². The number of alkyl halides is 6. The third kappa shape index (κ3) is 19.2. The molecule has 4 rings (SSSR count). The zero-order valence-electron chi connectivity index (χ0n) is 42.3. The van der Waals surface area contributed by atoms with Crippen LogP contribution in [0.4, 0.5) is 37.7 Å². The molecule has 0 bridgehead atoms. The minimum absolute atomic E-state index is 0.0990. The van der Waals surface area contributed by atoms with Gasteiger partial charge in [0.05, 0.1) is 10.0 Å². The standard InChI is InChI=1S/C50H60Cl2N4O2.2CHF3O3S/c1-33(17-13-19-35(3)21-23-39-37(5)47(57)45(29-49(39,7)8)55-27-25-41(51)43(53)31-55)15-11-12-16-34(2)18-14-20-36(4)22-24-40-38(6)48(58)46(30-50(40,9)10)56-28-26-42(52)44(54)32-56;2*2-1(3,4)8(5,6)7/h11-28,31-32,45-46H,29-30,53-54H2,1-10H3;2*(H,5,6,7)/q+2;;/p-2/b12-11+,17-13+,18-14+,23-21+,24-22+,33-15+,34-16+,35-19+,36-20+;;. The minimum Gasteiger partial charge on any atom is -0.741 e. The molecule has 2 aromatic heterocycles. The van der Waals surface area contributed by atoms with E-state index < -0.39 is 31.3 Å². The molecule has 0 spiro atoms. The number of nitrogens with zero attached hydrogens (tertiary/aromatic N) is 2. The van der Waals surface area contributed by atoms with E-state index in [4.69, 9.17) is 60.6 Å². The van der Waals surface area contributed by atoms with Crippen molar-refractivity contribution in [1.29, 1.82) is 0 Å². The van der Waals surface area contributed by atoms with Gasteiger partial charge in [0.15, 0.2) is 45.0 Å². The third-order valence-electron chi connectivity index (χ3n) is 11.5. The average molecular weight is 1120 g/mol. The first-order valence-electron chi connectivity index (χ1n) is 22.3. The predicted molar refractivity (Wildman–Crippen MR) is 275 cm³/mol. The fourth-order valence-electron chi connectivity index (χ4n) is 7.52. The van der Waals surface area contributed by atoms with E-state index in [0.29, 0.717) is 34.3 Å². The van der Waals surface area contributed by atoms with Gasteiger partial charge in [-0.25, -0.2) is 16.8 Å². The lowest BCUT2D eigenvalue weighted by Crippen LogP contribution is -2.48. The van der Waals surface area contributed by atoms with Crippen LogP contribution in [0.25, 0.3) is 0 Å². The quantitative estimate of drug-likeness (QED) is 0.0675. The second kappa shape index (κ2) is 26.2. The van der Waals surface area contributed by atoms with Gasteiger partial charge in [-0.05, 0) is 63.5 Å². The molecule has 2 heterocycles. The predicted octanol–water partition coefficient (Wildman–Crippen LogP) is 11.8. The SMILES string of the molecule is CC1=C(/C=C/C(C)=C/C=C/C(C)=C/C=C/C=C(C)/C=C/C=C(C)/C=C/C2=C(C)C(=O)C([n+]3ccc(Cl)c(N)c3)CC2(C)C)C(C)(C)CC([n+]2ccc(Cl)c(N)c2)C1=O.O=S(=O)([O-])C(F)(F)F.O=S(=O)([O-])C(F)(F)F. The lowest BCUT2D eigenvalue weighted by atomic mass is 9.70. The van der Waals surface area contributed by atoms with Crippen molar-refractivity contribution in [2.75, 3.05) is 11.5 Å². The zero-order chi connectivity index (χ0) is 56.9. The molecule has 0 radical (unpaired) electrons. The van der Waals surface area contributed by atoms with Crippen LogP contribution in [-0.2, 0) is 29.8 Å². The number of carbonyl (C=O) groups excluding carboxylic acids is 2. The van der Waals surface area contributed by atoms with Crippen molar-refractivity contribution in [2.24, 2.45) is 10.8 Å². The summed E-state index contributed by atoms with van der Waals surface area (Å²) in [6.45, 7) is 20.8. The first-order chi connectivity index (χ1) is 33.7. The van der Waals surface area contributed by atoms with E-state index in [9.17, 15) is 35.9 Å². The van der Waals surface area contributed by atoms with Gasteiger partial charge in [0.25, 0.3) is 0 Å². The maximum absolute atomic E-state index is 13.4. The van der Waals surface area contributed by atoms with Crippen molar-refractivity contribution >= 4 is 66.4 Å². The highest BCUT2D eigenvalue weighted by Gasteiger charge is 2.44. The molecule has 0 saturated carbocycles. The van der Waals surface area contributed by atoms with Gasteiger partial charge in [-0.15, -0.1) is 0 Å². The smallest absolute Gasteiger partial charge is 0.485 e. The van der Waals surface area contributed by atoms with E-state index in [2.05, 4.69) is 116 Å². The number of ketones is 2. The van der Waals surface area contributed by atoms with Gasteiger partial charge in [0.2, 0.25) is 23.7 Å². The Labute approximate surface area is 439 Å². The Morgan fingerprint density at radius 3 is 1.14 bits per heavy atom. The number of anilines is 2. The molecule has 0 fully saturated rings. The van der Waals surface area contributed by atoms with Crippen LogP contribution in [-0.4, -0.2) is 48.5 Å². The van der Waals surface area contributed by atoms with Crippen molar-refractivity contribution < 1.29 is 71.0 Å². The summed E-state index contributed by atoms with van der Waals surface area (Å²) in [6, 6.07) is 2.83. The van der Waals surface area contributed by atoms with Crippen molar-refractivity contribution in [3.8, 4) is 0 Å². The van der Waals surface area contributed by atoms with E-state index in [1.165, 1.54) is 0 Å². The van der Waals surface area contributed by atoms with Gasteiger partial charge in [-0.3, -0.25) is 9.59 Å². The summed E-state index contributed by atoms with van der Waals surface area (Å²) in [5, 5.41) is 0.966. The fraction of sp³-hybridized carbons (Fsp3) is 0.346. The molecule has 2 unspecified atom stereocenters. The van der Waals surface area contributed by atoms with Crippen LogP contribution in [0, 0.1) is 10.8 Å². The molecule has 2 aliphatic carbocycles. The summed E-state index contributed by atoms with van der Waals surface area (Å²) in [7, 11) is -12.2. The molecule has 4 N–H and O–H groups in total.